The number of thiazole rings is 1. The van der Waals surface area contributed by atoms with E-state index < -0.39 is 0 Å². The number of benzene rings is 1. The lowest BCUT2D eigenvalue weighted by atomic mass is 9.97. The third-order valence-electron chi connectivity index (χ3n) is 4.88. The number of anilines is 2. The lowest BCUT2D eigenvalue weighted by Crippen LogP contribution is -2.18. The van der Waals surface area contributed by atoms with Crippen LogP contribution in [0.25, 0.3) is 11.3 Å². The van der Waals surface area contributed by atoms with Crippen LogP contribution in [-0.4, -0.2) is 26.8 Å². The second-order valence-corrected chi connectivity index (χ2v) is 8.22. The van der Waals surface area contributed by atoms with Gasteiger partial charge in [0.2, 0.25) is 11.8 Å². The quantitative estimate of drug-likeness (QED) is 0.555. The predicted molar refractivity (Wildman–Crippen MR) is 117 cm³/mol. The molecule has 0 unspecified atom stereocenters. The summed E-state index contributed by atoms with van der Waals surface area (Å²) in [5, 5.41) is 6.16. The monoisotopic (exact) mass is 419 g/mol. The van der Waals surface area contributed by atoms with Crippen molar-refractivity contribution >= 4 is 34.1 Å². The van der Waals surface area contributed by atoms with Crippen LogP contribution in [0.2, 0.25) is 0 Å². The maximum Gasteiger partial charge on any atom is 0.248 e. The van der Waals surface area contributed by atoms with Crippen molar-refractivity contribution in [1.82, 2.24) is 15.0 Å². The van der Waals surface area contributed by atoms with Crippen LogP contribution >= 0.6 is 11.3 Å². The summed E-state index contributed by atoms with van der Waals surface area (Å²) in [5.74, 6) is 0.128. The van der Waals surface area contributed by atoms with Crippen LogP contribution in [0.5, 0.6) is 0 Å². The number of nitrogens with zero attached hydrogens (tertiary/aromatic N) is 3. The van der Waals surface area contributed by atoms with Crippen molar-refractivity contribution in [2.24, 2.45) is 0 Å². The Hall–Kier alpha value is -3.39. The van der Waals surface area contributed by atoms with Crippen LogP contribution in [0.4, 0.5) is 10.9 Å². The summed E-state index contributed by atoms with van der Waals surface area (Å²) in [4.78, 5) is 38.3. The van der Waals surface area contributed by atoms with E-state index in [0.29, 0.717) is 22.6 Å². The van der Waals surface area contributed by atoms with Crippen LogP contribution in [0.1, 0.15) is 42.0 Å². The molecule has 2 N–H and O–H groups in total. The highest BCUT2D eigenvalue weighted by molar-refractivity contribution is 7.15. The third-order valence-corrected chi connectivity index (χ3v) is 5.96. The first-order valence-corrected chi connectivity index (χ1v) is 10.5. The highest BCUT2D eigenvalue weighted by atomic mass is 32.1. The average Bonchev–Trinajstić information content (AvgIpc) is 3.52. The summed E-state index contributed by atoms with van der Waals surface area (Å²) < 4.78 is 0. The molecular weight excluding hydrogens is 398 g/mol. The van der Waals surface area contributed by atoms with Gasteiger partial charge in [-0.2, -0.15) is 0 Å². The molecule has 2 amide bonds. The molecule has 0 aliphatic heterocycles. The maximum absolute atomic E-state index is 12.7. The van der Waals surface area contributed by atoms with Gasteiger partial charge in [0.15, 0.2) is 10.9 Å². The molecule has 1 aliphatic carbocycles. The first kappa shape index (κ1) is 19.9. The number of rotatable bonds is 7. The SMILES string of the molecule is C=CC(=O)Nc1cncc(-c2cccc([C@H](C)C(=O)Nc3ncc(C4CC4)s3)c2)n1. The van der Waals surface area contributed by atoms with Gasteiger partial charge in [-0.15, -0.1) is 11.3 Å². The number of hydrogen-bond donors (Lipinski definition) is 2. The molecule has 1 atom stereocenters. The van der Waals surface area contributed by atoms with Gasteiger partial charge in [-0.05, 0) is 43.4 Å². The Bertz CT molecular complexity index is 1110. The van der Waals surface area contributed by atoms with Crippen molar-refractivity contribution in [3.8, 4) is 11.3 Å². The summed E-state index contributed by atoms with van der Waals surface area (Å²) in [6.07, 6.45) is 8.53. The van der Waals surface area contributed by atoms with Crippen LogP contribution in [0.15, 0.2) is 55.5 Å². The van der Waals surface area contributed by atoms with E-state index in [-0.39, 0.29) is 17.7 Å². The molecule has 7 nitrogen and oxygen atoms in total. The van der Waals surface area contributed by atoms with Crippen LogP contribution in [0, 0.1) is 0 Å². The number of amides is 2. The molecule has 0 saturated heterocycles. The third kappa shape index (κ3) is 4.60. The second kappa shape index (κ2) is 8.54. The zero-order valence-electron chi connectivity index (χ0n) is 16.5. The molecule has 2 aromatic heterocycles. The van der Waals surface area contributed by atoms with E-state index in [4.69, 9.17) is 0 Å². The molecule has 152 valence electrons. The van der Waals surface area contributed by atoms with E-state index in [0.717, 1.165) is 11.1 Å². The Morgan fingerprint density at radius 3 is 2.83 bits per heavy atom. The molecule has 4 rings (SSSR count). The second-order valence-electron chi connectivity index (χ2n) is 7.16. The molecule has 1 aliphatic rings. The number of nitrogens with one attached hydrogen (secondary N) is 2. The number of hydrogen-bond acceptors (Lipinski definition) is 6. The van der Waals surface area contributed by atoms with E-state index in [1.165, 1.54) is 30.0 Å². The van der Waals surface area contributed by atoms with E-state index in [1.807, 2.05) is 37.4 Å². The van der Waals surface area contributed by atoms with Crippen molar-refractivity contribution in [3.63, 3.8) is 0 Å². The van der Waals surface area contributed by atoms with E-state index >= 15 is 0 Å². The Morgan fingerprint density at radius 2 is 2.07 bits per heavy atom. The molecule has 0 radical (unpaired) electrons. The minimum atomic E-state index is -0.366. The summed E-state index contributed by atoms with van der Waals surface area (Å²) >= 11 is 1.55. The molecule has 1 saturated carbocycles. The number of aromatic nitrogens is 3. The highest BCUT2D eigenvalue weighted by Gasteiger charge is 2.26. The summed E-state index contributed by atoms with van der Waals surface area (Å²) in [5.41, 5.74) is 2.26. The Morgan fingerprint density at radius 1 is 1.23 bits per heavy atom. The Kier molecular flexibility index (Phi) is 5.67. The summed E-state index contributed by atoms with van der Waals surface area (Å²) in [6, 6.07) is 7.58. The fourth-order valence-electron chi connectivity index (χ4n) is 2.98. The van der Waals surface area contributed by atoms with Crippen molar-refractivity contribution in [1.29, 1.82) is 0 Å². The number of carbonyl (C=O) groups excluding carboxylic acids is 2. The minimum absolute atomic E-state index is 0.109. The first-order valence-electron chi connectivity index (χ1n) is 9.66. The zero-order valence-corrected chi connectivity index (χ0v) is 17.3. The first-order chi connectivity index (χ1) is 14.5. The lowest BCUT2D eigenvalue weighted by molar-refractivity contribution is -0.117. The van der Waals surface area contributed by atoms with Gasteiger partial charge in [0.25, 0.3) is 0 Å². The summed E-state index contributed by atoms with van der Waals surface area (Å²) in [6.45, 7) is 5.28. The van der Waals surface area contributed by atoms with Crippen LogP contribution < -0.4 is 10.6 Å². The predicted octanol–water partition coefficient (Wildman–Crippen LogP) is 4.34. The normalized spacial score (nSPS) is 14.0. The van der Waals surface area contributed by atoms with Crippen molar-refractivity contribution in [3.05, 3.63) is 66.0 Å². The molecule has 1 fully saturated rings. The van der Waals surface area contributed by atoms with Gasteiger partial charge in [-0.25, -0.2) is 9.97 Å². The van der Waals surface area contributed by atoms with Gasteiger partial charge < -0.3 is 10.6 Å². The lowest BCUT2D eigenvalue weighted by Gasteiger charge is -2.12. The topological polar surface area (TPSA) is 96.9 Å². The van der Waals surface area contributed by atoms with Gasteiger partial charge in [0.05, 0.1) is 24.0 Å². The van der Waals surface area contributed by atoms with E-state index in [2.05, 4.69) is 32.2 Å². The van der Waals surface area contributed by atoms with Gasteiger partial charge in [0, 0.05) is 16.6 Å². The molecule has 3 aromatic rings. The van der Waals surface area contributed by atoms with Crippen molar-refractivity contribution in [2.75, 3.05) is 10.6 Å². The standard InChI is InChI=1S/C22H21N5O2S/c1-3-20(28)26-19-12-23-10-17(25-19)16-6-4-5-15(9-16)13(2)21(29)27-22-24-11-18(30-22)14-7-8-14/h3-6,9-14H,1,7-8H2,2H3,(H,24,27,29)(H,25,26,28)/t13-/m0/s1. The number of carbonyl (C=O) groups is 2. The Labute approximate surface area is 178 Å². The molecule has 1 aromatic carbocycles. The Balaban J connectivity index is 1.49. The molecular formula is C22H21N5O2S. The highest BCUT2D eigenvalue weighted by Crippen LogP contribution is 2.43. The molecule has 0 bridgehead atoms. The van der Waals surface area contributed by atoms with E-state index in [9.17, 15) is 9.59 Å². The van der Waals surface area contributed by atoms with Gasteiger partial charge in [-0.1, -0.05) is 24.8 Å². The molecule has 8 heteroatoms. The zero-order chi connectivity index (χ0) is 21.1. The van der Waals surface area contributed by atoms with Crippen LogP contribution in [0.3, 0.4) is 0 Å². The fourth-order valence-corrected chi connectivity index (χ4v) is 3.96. The van der Waals surface area contributed by atoms with E-state index in [1.54, 1.807) is 17.5 Å². The maximum atomic E-state index is 12.7. The minimum Gasteiger partial charge on any atom is -0.306 e. The van der Waals surface area contributed by atoms with Crippen LogP contribution in [-0.2, 0) is 9.59 Å². The van der Waals surface area contributed by atoms with Gasteiger partial charge in [0.1, 0.15) is 0 Å². The summed E-state index contributed by atoms with van der Waals surface area (Å²) in [7, 11) is 0. The van der Waals surface area contributed by atoms with Crippen molar-refractivity contribution in [2.45, 2.75) is 31.6 Å². The van der Waals surface area contributed by atoms with Gasteiger partial charge in [-0.3, -0.25) is 14.6 Å². The average molecular weight is 420 g/mol. The molecule has 30 heavy (non-hydrogen) atoms. The smallest absolute Gasteiger partial charge is 0.248 e. The molecule has 0 spiro atoms. The fraction of sp³-hybridized carbons (Fsp3) is 0.227. The molecule has 2 heterocycles. The van der Waals surface area contributed by atoms with Crippen molar-refractivity contribution < 1.29 is 9.59 Å². The van der Waals surface area contributed by atoms with Gasteiger partial charge >= 0.3 is 0 Å². The largest absolute Gasteiger partial charge is 0.306 e.